The van der Waals surface area contributed by atoms with Crippen molar-refractivity contribution in [1.82, 2.24) is 4.98 Å². The van der Waals surface area contributed by atoms with Crippen LogP contribution in [0.25, 0.3) is 22.2 Å². The zero-order valence-electron chi connectivity index (χ0n) is 25.3. The molecule has 2 aromatic carbocycles. The fourth-order valence-electron chi connectivity index (χ4n) is 7.82. The van der Waals surface area contributed by atoms with E-state index >= 15 is 0 Å². The molecule has 2 unspecified atom stereocenters. The Hall–Kier alpha value is -1.58. The second-order valence-corrected chi connectivity index (χ2v) is 12.3. The molecule has 4 heteroatoms. The summed E-state index contributed by atoms with van der Waals surface area (Å²) in [7, 11) is 0. The minimum atomic E-state index is -0.333. The van der Waals surface area contributed by atoms with Crippen molar-refractivity contribution in [2.75, 3.05) is 0 Å². The molecule has 2 aliphatic rings. The van der Waals surface area contributed by atoms with Gasteiger partial charge < -0.3 is 10.2 Å². The Kier molecular flexibility index (Phi) is 12.0. The summed E-state index contributed by atoms with van der Waals surface area (Å²) in [5.41, 5.74) is 4.37. The normalized spacial score (nSPS) is 25.4. The first-order valence-electron chi connectivity index (χ1n) is 15.5. The van der Waals surface area contributed by atoms with Crippen LogP contribution >= 0.6 is 0 Å². The van der Waals surface area contributed by atoms with Gasteiger partial charge in [-0.25, -0.2) is 0 Å². The Morgan fingerprint density at radius 1 is 0.800 bits per heavy atom. The van der Waals surface area contributed by atoms with E-state index in [0.717, 1.165) is 55.3 Å². The van der Waals surface area contributed by atoms with Crippen LogP contribution < -0.4 is 0 Å². The maximum Gasteiger partial charge on any atom is 0.0651 e. The smallest absolute Gasteiger partial charge is 0.0651 e. The number of fused-ring (bicyclic) bond motifs is 2. The van der Waals surface area contributed by atoms with Gasteiger partial charge in [0.15, 0.2) is 0 Å². The second kappa shape index (κ2) is 14.5. The molecule has 2 aliphatic carbocycles. The first kappa shape index (κ1) is 32.9. The fraction of sp³-hybridized carbons (Fsp3) is 0.583. The van der Waals surface area contributed by atoms with E-state index in [2.05, 4.69) is 69.9 Å². The SMILES string of the molecule is CCC1(CC)CCCC2CCCC(CC)(CC)C(O)C2C1O.Cc1cccc2nc(-c3[c-]cccc3)ccc12.[Ir]. The summed E-state index contributed by atoms with van der Waals surface area (Å²) < 4.78 is 0. The van der Waals surface area contributed by atoms with Crippen LogP contribution in [0.1, 0.15) is 97.5 Å². The molecule has 2 fully saturated rings. The number of aromatic nitrogens is 1. The molecule has 1 radical (unpaired) electrons. The second-order valence-electron chi connectivity index (χ2n) is 12.3. The van der Waals surface area contributed by atoms with Crippen LogP contribution in [-0.4, -0.2) is 27.4 Å². The molecule has 2 N–H and O–H groups in total. The Bertz CT molecular complexity index is 1160. The summed E-state index contributed by atoms with van der Waals surface area (Å²) in [5.74, 6) is 0.606. The number of aliphatic hydroxyl groups excluding tert-OH is 2. The molecule has 0 spiro atoms. The molecule has 1 heterocycles. The Morgan fingerprint density at radius 3 is 1.93 bits per heavy atom. The number of benzene rings is 2. The molecular weight excluding hydrogens is 671 g/mol. The van der Waals surface area contributed by atoms with Crippen molar-refractivity contribution in [2.45, 2.75) is 111 Å². The van der Waals surface area contributed by atoms with E-state index in [0.29, 0.717) is 5.92 Å². The summed E-state index contributed by atoms with van der Waals surface area (Å²) >= 11 is 0. The molecule has 221 valence electrons. The van der Waals surface area contributed by atoms with Gasteiger partial charge in [-0.3, -0.25) is 4.98 Å². The third-order valence-electron chi connectivity index (χ3n) is 10.8. The fourth-order valence-corrected chi connectivity index (χ4v) is 7.82. The molecule has 2 atom stereocenters. The van der Waals surface area contributed by atoms with Crippen LogP contribution in [0.5, 0.6) is 0 Å². The van der Waals surface area contributed by atoms with Crippen molar-refractivity contribution in [2.24, 2.45) is 22.7 Å². The zero-order chi connectivity index (χ0) is 28.0. The van der Waals surface area contributed by atoms with Gasteiger partial charge in [-0.2, -0.15) is 0 Å². The quantitative estimate of drug-likeness (QED) is 0.259. The summed E-state index contributed by atoms with van der Waals surface area (Å²) in [6.45, 7) is 11.0. The van der Waals surface area contributed by atoms with Gasteiger partial charge in [0.2, 0.25) is 0 Å². The topological polar surface area (TPSA) is 53.4 Å². The maximum atomic E-state index is 11.4. The van der Waals surface area contributed by atoms with E-state index in [4.69, 9.17) is 0 Å². The van der Waals surface area contributed by atoms with E-state index in [1.165, 1.54) is 36.6 Å². The number of hydrogen-bond acceptors (Lipinski definition) is 3. The van der Waals surface area contributed by atoms with Gasteiger partial charge in [0.05, 0.1) is 17.7 Å². The largest absolute Gasteiger partial charge is 0.392 e. The van der Waals surface area contributed by atoms with Gasteiger partial charge in [0.1, 0.15) is 0 Å². The van der Waals surface area contributed by atoms with Crippen LogP contribution in [0.15, 0.2) is 54.6 Å². The molecule has 0 aliphatic heterocycles. The van der Waals surface area contributed by atoms with E-state index in [-0.39, 0.29) is 49.1 Å². The molecule has 5 rings (SSSR count). The van der Waals surface area contributed by atoms with Crippen LogP contribution in [0.2, 0.25) is 0 Å². The summed E-state index contributed by atoms with van der Waals surface area (Å²) in [6.07, 6.45) is 10.6. The van der Waals surface area contributed by atoms with Crippen molar-refractivity contribution in [3.63, 3.8) is 0 Å². The predicted molar refractivity (Wildman–Crippen MR) is 163 cm³/mol. The van der Waals surface area contributed by atoms with E-state index in [1.807, 2.05) is 30.3 Å². The molecule has 3 nitrogen and oxygen atoms in total. The number of aryl methyl sites for hydroxylation is 1. The van der Waals surface area contributed by atoms with E-state index in [1.54, 1.807) is 0 Å². The summed E-state index contributed by atoms with van der Waals surface area (Å²) in [4.78, 5) is 4.68. The van der Waals surface area contributed by atoms with Crippen molar-refractivity contribution in [3.8, 4) is 11.3 Å². The minimum absolute atomic E-state index is 0. The number of aliphatic hydroxyl groups is 2. The first-order chi connectivity index (χ1) is 18.8. The van der Waals surface area contributed by atoms with Crippen molar-refractivity contribution >= 4 is 10.9 Å². The molecule has 40 heavy (non-hydrogen) atoms. The predicted octanol–water partition coefficient (Wildman–Crippen LogP) is 8.93. The number of hydrogen-bond donors (Lipinski definition) is 2. The van der Waals surface area contributed by atoms with Gasteiger partial charge >= 0.3 is 0 Å². The number of rotatable bonds is 5. The van der Waals surface area contributed by atoms with Gasteiger partial charge in [-0.05, 0) is 92.4 Å². The van der Waals surface area contributed by atoms with Crippen LogP contribution in [0.4, 0.5) is 0 Å². The van der Waals surface area contributed by atoms with Crippen LogP contribution in [-0.2, 0) is 20.1 Å². The van der Waals surface area contributed by atoms with Crippen molar-refractivity contribution < 1.29 is 30.3 Å². The van der Waals surface area contributed by atoms with Gasteiger partial charge in [-0.15, -0.1) is 35.9 Å². The third kappa shape index (κ3) is 6.57. The Labute approximate surface area is 256 Å². The molecule has 0 saturated heterocycles. The summed E-state index contributed by atoms with van der Waals surface area (Å²) in [6, 6.07) is 21.5. The monoisotopic (exact) mass is 721 g/mol. The van der Waals surface area contributed by atoms with Crippen LogP contribution in [0, 0.1) is 35.7 Å². The van der Waals surface area contributed by atoms with E-state index in [9.17, 15) is 10.2 Å². The number of pyridine rings is 1. The maximum absolute atomic E-state index is 11.4. The van der Waals surface area contributed by atoms with Gasteiger partial charge in [-0.1, -0.05) is 64.8 Å². The molecular formula is C36H50IrNO2-. The first-order valence-corrected chi connectivity index (χ1v) is 15.5. The average Bonchev–Trinajstić information content (AvgIpc) is 3.21. The standard InChI is InChI=1S/C20H38O2.C16H12N.Ir/c1-5-19(6-2)13-9-11-15-12-10-14-20(7-3,8-4)18(22)16(15)17(19)21;1-12-6-5-9-16-14(12)10-11-15(17-16)13-7-3-2-4-8-13;/h15-18,21-22H,5-14H2,1-4H3;2-7,9-11H,1H3;/q;-1;. The zero-order valence-corrected chi connectivity index (χ0v) is 27.6. The molecule has 0 amide bonds. The molecule has 3 aromatic rings. The van der Waals surface area contributed by atoms with Gasteiger partial charge in [0.25, 0.3) is 0 Å². The molecule has 2 saturated carbocycles. The Morgan fingerprint density at radius 2 is 1.40 bits per heavy atom. The third-order valence-corrected chi connectivity index (χ3v) is 10.8. The van der Waals surface area contributed by atoms with Gasteiger partial charge in [0, 0.05) is 31.4 Å². The van der Waals surface area contributed by atoms with Crippen molar-refractivity contribution in [3.05, 3.63) is 66.2 Å². The Balaban J connectivity index is 0.000000221. The average molecular weight is 721 g/mol. The molecule has 1 aromatic heterocycles. The minimum Gasteiger partial charge on any atom is -0.392 e. The van der Waals surface area contributed by atoms with Crippen LogP contribution in [0.3, 0.4) is 0 Å². The number of nitrogens with zero attached hydrogens (tertiary/aromatic N) is 1. The summed E-state index contributed by atoms with van der Waals surface area (Å²) in [5, 5.41) is 23.9. The van der Waals surface area contributed by atoms with E-state index < -0.39 is 0 Å². The molecule has 0 bridgehead atoms. The van der Waals surface area contributed by atoms with Crippen molar-refractivity contribution in [1.29, 1.82) is 0 Å².